The van der Waals surface area contributed by atoms with Crippen LogP contribution in [0.4, 0.5) is 0 Å². The number of hydrogen-bond donors (Lipinski definition) is 1. The number of hydrogen-bond acceptors (Lipinski definition) is 3. The van der Waals surface area contributed by atoms with Crippen LogP contribution in [0.15, 0.2) is 23.3 Å². The monoisotopic (exact) mass is 232 g/mol. The molecule has 0 saturated carbocycles. The molecule has 0 radical (unpaired) electrons. The molecule has 4 heteroatoms. The van der Waals surface area contributed by atoms with Gasteiger partial charge in [-0.3, -0.25) is 9.20 Å². The van der Waals surface area contributed by atoms with Crippen molar-refractivity contribution in [1.29, 1.82) is 0 Å². The molecule has 2 aromatic rings. The fourth-order valence-electron chi connectivity index (χ4n) is 1.80. The van der Waals surface area contributed by atoms with Crippen LogP contribution in [0.2, 0.25) is 0 Å². The topological polar surface area (TPSA) is 54.6 Å². The number of pyridine rings is 1. The average molecular weight is 232 g/mol. The van der Waals surface area contributed by atoms with Gasteiger partial charge in [-0.2, -0.15) is 0 Å². The normalized spacial score (nSPS) is 10.9. The summed E-state index contributed by atoms with van der Waals surface area (Å²) in [5.74, 6) is 0.0756. The summed E-state index contributed by atoms with van der Waals surface area (Å²) >= 11 is 0. The maximum Gasteiger partial charge on any atom is 0.261 e. The maximum absolute atomic E-state index is 12.1. The van der Waals surface area contributed by atoms with Gasteiger partial charge in [0.2, 0.25) is 0 Å². The lowest BCUT2D eigenvalue weighted by Gasteiger charge is -2.06. The molecule has 0 aromatic carbocycles. The molecule has 0 aliphatic heterocycles. The standard InChI is InChI=1S/C13H16N2O2/c1-3-4-5-10-8-14-12-11(16)9(2)6-7-15(12)13(10)17/h6-8,16H,3-5H2,1-2H3. The highest BCUT2D eigenvalue weighted by molar-refractivity contribution is 5.56. The second-order valence-electron chi connectivity index (χ2n) is 4.23. The molecule has 0 spiro atoms. The minimum Gasteiger partial charge on any atom is -0.504 e. The summed E-state index contributed by atoms with van der Waals surface area (Å²) < 4.78 is 1.41. The number of fused-ring (bicyclic) bond motifs is 1. The third-order valence-corrected chi connectivity index (χ3v) is 2.92. The molecule has 1 N–H and O–H groups in total. The Bertz CT molecular complexity index is 602. The van der Waals surface area contributed by atoms with Gasteiger partial charge in [-0.1, -0.05) is 13.3 Å². The van der Waals surface area contributed by atoms with E-state index in [-0.39, 0.29) is 11.3 Å². The molecule has 2 rings (SSSR count). The first-order valence-electron chi connectivity index (χ1n) is 5.84. The predicted molar refractivity (Wildman–Crippen MR) is 66.5 cm³/mol. The van der Waals surface area contributed by atoms with Crippen LogP contribution in [0.1, 0.15) is 30.9 Å². The third-order valence-electron chi connectivity index (χ3n) is 2.92. The first-order chi connectivity index (χ1) is 8.15. The lowest BCUT2D eigenvalue weighted by atomic mass is 10.1. The molecule has 0 amide bonds. The van der Waals surface area contributed by atoms with Crippen LogP contribution >= 0.6 is 0 Å². The summed E-state index contributed by atoms with van der Waals surface area (Å²) in [5.41, 5.74) is 1.67. The summed E-state index contributed by atoms with van der Waals surface area (Å²) in [6.45, 7) is 3.87. The van der Waals surface area contributed by atoms with Crippen molar-refractivity contribution in [2.75, 3.05) is 0 Å². The Labute approximate surface area is 99.6 Å². The van der Waals surface area contributed by atoms with E-state index in [2.05, 4.69) is 11.9 Å². The molecule has 2 aromatic heterocycles. The van der Waals surface area contributed by atoms with Crippen molar-refractivity contribution in [3.63, 3.8) is 0 Å². The molecular formula is C13H16N2O2. The number of aromatic nitrogens is 2. The molecule has 0 unspecified atom stereocenters. The number of nitrogens with zero attached hydrogens (tertiary/aromatic N) is 2. The zero-order valence-electron chi connectivity index (χ0n) is 10.1. The number of aromatic hydroxyl groups is 1. The van der Waals surface area contributed by atoms with Crippen LogP contribution in [-0.4, -0.2) is 14.5 Å². The molecule has 0 fully saturated rings. The van der Waals surface area contributed by atoms with E-state index in [1.807, 2.05) is 0 Å². The highest BCUT2D eigenvalue weighted by Crippen LogP contribution is 2.19. The molecule has 0 atom stereocenters. The molecule has 4 nitrogen and oxygen atoms in total. The number of rotatable bonds is 3. The Morgan fingerprint density at radius 1 is 1.47 bits per heavy atom. The summed E-state index contributed by atoms with van der Waals surface area (Å²) in [4.78, 5) is 16.3. The molecular weight excluding hydrogens is 216 g/mol. The summed E-state index contributed by atoms with van der Waals surface area (Å²) in [6, 6.07) is 1.72. The van der Waals surface area contributed by atoms with Crippen molar-refractivity contribution in [3.05, 3.63) is 39.9 Å². The van der Waals surface area contributed by atoms with Crippen LogP contribution in [0, 0.1) is 6.92 Å². The van der Waals surface area contributed by atoms with Crippen LogP contribution in [0.25, 0.3) is 5.65 Å². The van der Waals surface area contributed by atoms with E-state index in [0.717, 1.165) is 24.8 Å². The molecule has 2 heterocycles. The first kappa shape index (κ1) is 11.6. The van der Waals surface area contributed by atoms with E-state index < -0.39 is 0 Å². The van der Waals surface area contributed by atoms with Gasteiger partial charge in [-0.25, -0.2) is 4.98 Å². The van der Waals surface area contributed by atoms with Gasteiger partial charge in [0.15, 0.2) is 11.4 Å². The Hall–Kier alpha value is -1.84. The van der Waals surface area contributed by atoms with Gasteiger partial charge in [0.05, 0.1) is 0 Å². The van der Waals surface area contributed by atoms with Gasteiger partial charge in [0.1, 0.15) is 0 Å². The second-order valence-corrected chi connectivity index (χ2v) is 4.23. The Kier molecular flexibility index (Phi) is 3.13. The van der Waals surface area contributed by atoms with Crippen LogP contribution in [-0.2, 0) is 6.42 Å². The zero-order chi connectivity index (χ0) is 12.4. The van der Waals surface area contributed by atoms with Crippen LogP contribution in [0.3, 0.4) is 0 Å². The largest absolute Gasteiger partial charge is 0.504 e. The van der Waals surface area contributed by atoms with Crippen LogP contribution in [0.5, 0.6) is 5.75 Å². The lowest BCUT2D eigenvalue weighted by Crippen LogP contribution is -2.19. The van der Waals surface area contributed by atoms with E-state index in [0.29, 0.717) is 11.2 Å². The summed E-state index contributed by atoms with van der Waals surface area (Å²) in [7, 11) is 0. The molecule has 17 heavy (non-hydrogen) atoms. The van der Waals surface area contributed by atoms with Gasteiger partial charge < -0.3 is 5.11 Å². The molecule has 0 aliphatic rings. The van der Waals surface area contributed by atoms with E-state index in [1.165, 1.54) is 4.40 Å². The van der Waals surface area contributed by atoms with E-state index in [1.54, 1.807) is 25.4 Å². The zero-order valence-corrected chi connectivity index (χ0v) is 10.1. The molecule has 0 aliphatic carbocycles. The fourth-order valence-corrected chi connectivity index (χ4v) is 1.80. The summed E-state index contributed by atoms with van der Waals surface area (Å²) in [5, 5.41) is 9.83. The van der Waals surface area contributed by atoms with Gasteiger partial charge in [0.25, 0.3) is 5.56 Å². The average Bonchev–Trinajstić information content (AvgIpc) is 2.33. The van der Waals surface area contributed by atoms with Gasteiger partial charge in [-0.05, 0) is 31.4 Å². The van der Waals surface area contributed by atoms with Crippen molar-refractivity contribution in [2.24, 2.45) is 0 Å². The van der Waals surface area contributed by atoms with Crippen molar-refractivity contribution >= 4 is 5.65 Å². The van der Waals surface area contributed by atoms with E-state index >= 15 is 0 Å². The minimum atomic E-state index is -0.0845. The Morgan fingerprint density at radius 3 is 2.94 bits per heavy atom. The van der Waals surface area contributed by atoms with E-state index in [4.69, 9.17) is 0 Å². The summed E-state index contributed by atoms with van der Waals surface area (Å²) in [6.07, 6.45) is 5.99. The lowest BCUT2D eigenvalue weighted by molar-refractivity contribution is 0.472. The second kappa shape index (κ2) is 4.57. The first-order valence-corrected chi connectivity index (χ1v) is 5.84. The van der Waals surface area contributed by atoms with Gasteiger partial charge >= 0.3 is 0 Å². The Morgan fingerprint density at radius 2 is 2.24 bits per heavy atom. The number of aryl methyl sites for hydroxylation is 2. The van der Waals surface area contributed by atoms with Crippen molar-refractivity contribution < 1.29 is 5.11 Å². The number of unbranched alkanes of at least 4 members (excludes halogenated alkanes) is 1. The van der Waals surface area contributed by atoms with Crippen molar-refractivity contribution in [3.8, 4) is 5.75 Å². The SMILES string of the molecule is CCCCc1cnc2c(O)c(C)ccn2c1=O. The molecule has 0 saturated heterocycles. The quantitative estimate of drug-likeness (QED) is 0.881. The smallest absolute Gasteiger partial charge is 0.261 e. The Balaban J connectivity index is 2.61. The maximum atomic E-state index is 12.1. The van der Waals surface area contributed by atoms with Gasteiger partial charge in [-0.15, -0.1) is 0 Å². The highest BCUT2D eigenvalue weighted by atomic mass is 16.3. The van der Waals surface area contributed by atoms with Gasteiger partial charge in [0, 0.05) is 18.0 Å². The van der Waals surface area contributed by atoms with Crippen molar-refractivity contribution in [2.45, 2.75) is 33.1 Å². The molecule has 90 valence electrons. The van der Waals surface area contributed by atoms with Crippen LogP contribution < -0.4 is 5.56 Å². The predicted octanol–water partition coefficient (Wildman–Crippen LogP) is 2.05. The highest BCUT2D eigenvalue weighted by Gasteiger charge is 2.08. The van der Waals surface area contributed by atoms with E-state index in [9.17, 15) is 9.90 Å². The third kappa shape index (κ3) is 2.02. The van der Waals surface area contributed by atoms with Crippen molar-refractivity contribution in [1.82, 2.24) is 9.38 Å². The fraction of sp³-hybridized carbons (Fsp3) is 0.385. The molecule has 0 bridgehead atoms. The minimum absolute atomic E-state index is 0.0756.